The van der Waals surface area contributed by atoms with Crippen molar-refractivity contribution in [3.63, 3.8) is 0 Å². The summed E-state index contributed by atoms with van der Waals surface area (Å²) in [5.74, 6) is 1.24. The van der Waals surface area contributed by atoms with Crippen LogP contribution in [0.1, 0.15) is 63.9 Å². The van der Waals surface area contributed by atoms with E-state index in [1.54, 1.807) is 45.9 Å². The van der Waals surface area contributed by atoms with E-state index < -0.39 is 23.1 Å². The largest absolute Gasteiger partial charge is 0.478 e. The molecule has 2 N–H and O–H groups in total. The van der Waals surface area contributed by atoms with Crippen LogP contribution in [0.2, 0.25) is 0 Å². The Morgan fingerprint density at radius 3 is 2.64 bits per heavy atom. The number of carbonyl (C=O) groups is 1. The summed E-state index contributed by atoms with van der Waals surface area (Å²) >= 11 is 1.88. The van der Waals surface area contributed by atoms with Crippen molar-refractivity contribution in [3.8, 4) is 11.6 Å². The Bertz CT molecular complexity index is 1340. The van der Waals surface area contributed by atoms with E-state index in [4.69, 9.17) is 4.74 Å². The Morgan fingerprint density at radius 2 is 2.00 bits per heavy atom. The molecule has 3 heterocycles. The molecule has 194 valence electrons. The molecule has 1 aromatic carbocycles. The number of rotatable bonds is 7. The van der Waals surface area contributed by atoms with Gasteiger partial charge in [-0.25, -0.2) is 14.2 Å². The second-order valence-corrected chi connectivity index (χ2v) is 11.3. The fourth-order valence-electron chi connectivity index (χ4n) is 4.38. The lowest BCUT2D eigenvalue weighted by Crippen LogP contribution is -2.48. The van der Waals surface area contributed by atoms with Crippen molar-refractivity contribution in [2.75, 3.05) is 18.1 Å². The fourth-order valence-corrected chi connectivity index (χ4v) is 5.78. The highest BCUT2D eigenvalue weighted by Crippen LogP contribution is 2.30. The van der Waals surface area contributed by atoms with Crippen LogP contribution in [0.15, 0.2) is 35.3 Å². The van der Waals surface area contributed by atoms with Gasteiger partial charge in [-0.3, -0.25) is 13.9 Å². The van der Waals surface area contributed by atoms with E-state index in [0.29, 0.717) is 23.2 Å². The molecule has 1 aliphatic heterocycles. The van der Waals surface area contributed by atoms with Crippen LogP contribution in [0, 0.1) is 5.82 Å². The van der Waals surface area contributed by atoms with Crippen molar-refractivity contribution in [1.29, 1.82) is 0 Å². The number of nitrogens with zero attached hydrogens (tertiary/aromatic N) is 3. The van der Waals surface area contributed by atoms with Gasteiger partial charge in [0.05, 0.1) is 41.2 Å². The van der Waals surface area contributed by atoms with Crippen LogP contribution >= 0.6 is 11.8 Å². The Morgan fingerprint density at radius 1 is 1.31 bits per heavy atom. The zero-order chi connectivity index (χ0) is 26.3. The third-order valence-corrected chi connectivity index (χ3v) is 7.89. The number of fused-ring (bicyclic) bond motifs is 1. The first kappa shape index (κ1) is 26.2. The smallest absolute Gasteiger partial charge is 0.334 e. The summed E-state index contributed by atoms with van der Waals surface area (Å²) in [6, 6.07) is 5.61. The molecule has 0 bridgehead atoms. The van der Waals surface area contributed by atoms with Gasteiger partial charge in [0.15, 0.2) is 5.82 Å². The maximum absolute atomic E-state index is 15.0. The van der Waals surface area contributed by atoms with Crippen LogP contribution < -0.4 is 15.7 Å². The molecule has 10 heteroatoms. The number of benzene rings is 1. The molecular weight excluding hydrogens is 483 g/mol. The first-order valence-electron chi connectivity index (χ1n) is 12.1. The minimum absolute atomic E-state index is 0.0189. The van der Waals surface area contributed by atoms with Crippen molar-refractivity contribution in [2.24, 2.45) is 0 Å². The number of ether oxygens (including phenoxy) is 1. The van der Waals surface area contributed by atoms with Crippen LogP contribution in [0.4, 0.5) is 4.39 Å². The maximum Gasteiger partial charge on any atom is 0.334 e. The van der Waals surface area contributed by atoms with Crippen molar-refractivity contribution < 1.29 is 19.0 Å². The number of hydrogen-bond donors (Lipinski definition) is 2. The van der Waals surface area contributed by atoms with E-state index in [9.17, 15) is 19.1 Å². The van der Waals surface area contributed by atoms with Gasteiger partial charge in [0.2, 0.25) is 5.88 Å². The predicted octanol–water partition coefficient (Wildman–Crippen LogP) is 4.07. The van der Waals surface area contributed by atoms with E-state index in [2.05, 4.69) is 10.3 Å². The number of aromatic nitrogens is 3. The predicted molar refractivity (Wildman–Crippen MR) is 140 cm³/mol. The summed E-state index contributed by atoms with van der Waals surface area (Å²) in [5.41, 5.74) is -0.904. The van der Waals surface area contributed by atoms with Crippen LogP contribution in [0.5, 0.6) is 5.88 Å². The van der Waals surface area contributed by atoms with Gasteiger partial charge in [-0.2, -0.15) is 11.8 Å². The SMILES string of the molecule is CCOc1cc(-n2c(=O)n(C(C)C(C)(C)O)c3cc(C(=O)NC4(C)CCSCC4)ccc32)c(F)cn1. The highest BCUT2D eigenvalue weighted by molar-refractivity contribution is 7.99. The second-order valence-electron chi connectivity index (χ2n) is 10.1. The molecule has 4 rings (SSSR count). The summed E-state index contributed by atoms with van der Waals surface area (Å²) in [7, 11) is 0. The van der Waals surface area contributed by atoms with Crippen LogP contribution in [0.25, 0.3) is 16.7 Å². The zero-order valence-corrected chi connectivity index (χ0v) is 22.1. The quantitative estimate of drug-likeness (QED) is 0.491. The normalized spacial score (nSPS) is 16.6. The number of halogens is 1. The highest BCUT2D eigenvalue weighted by atomic mass is 32.2. The molecular formula is C26H33FN4O4S. The third-order valence-electron chi connectivity index (χ3n) is 6.90. The highest BCUT2D eigenvalue weighted by Gasteiger charge is 2.32. The van der Waals surface area contributed by atoms with E-state index in [1.807, 2.05) is 18.7 Å². The number of thioether (sulfide) groups is 1. The average Bonchev–Trinajstić information content (AvgIpc) is 3.10. The summed E-state index contributed by atoms with van der Waals surface area (Å²) in [6.45, 7) is 9.09. The molecule has 1 atom stereocenters. The number of aliphatic hydroxyl groups is 1. The van der Waals surface area contributed by atoms with Crippen molar-refractivity contribution in [2.45, 2.75) is 64.6 Å². The summed E-state index contributed by atoms with van der Waals surface area (Å²) in [5, 5.41) is 13.9. The first-order chi connectivity index (χ1) is 16.9. The van der Waals surface area contributed by atoms with Gasteiger partial charge in [0.25, 0.3) is 5.91 Å². The van der Waals surface area contributed by atoms with Gasteiger partial charge in [0.1, 0.15) is 0 Å². The number of nitrogens with one attached hydrogen (secondary N) is 1. The van der Waals surface area contributed by atoms with Gasteiger partial charge in [-0.15, -0.1) is 0 Å². The Hall–Kier alpha value is -2.85. The minimum Gasteiger partial charge on any atom is -0.478 e. The Kier molecular flexibility index (Phi) is 7.21. The summed E-state index contributed by atoms with van der Waals surface area (Å²) < 4.78 is 23.0. The molecule has 0 spiro atoms. The molecule has 2 aromatic heterocycles. The Labute approximate surface area is 213 Å². The number of pyridine rings is 1. The lowest BCUT2D eigenvalue weighted by molar-refractivity contribution is 0.0307. The van der Waals surface area contributed by atoms with E-state index in [1.165, 1.54) is 15.2 Å². The van der Waals surface area contributed by atoms with Gasteiger partial charge in [-0.1, -0.05) is 0 Å². The van der Waals surface area contributed by atoms with Crippen LogP contribution in [-0.2, 0) is 0 Å². The topological polar surface area (TPSA) is 98.4 Å². The standard InChI is InChI=1S/C26H33FN4O4S/c1-6-35-22-14-20(18(27)15-28-22)31-19-8-7-17(23(32)29-26(5)9-11-36-12-10-26)13-21(19)30(24(31)33)16(2)25(3,4)34/h7-8,13-16,34H,6,9-12H2,1-5H3,(H,29,32). The molecule has 3 aromatic rings. The molecule has 0 radical (unpaired) electrons. The third kappa shape index (κ3) is 5.01. The Balaban J connectivity index is 1.88. The number of amides is 1. The lowest BCUT2D eigenvalue weighted by atomic mass is 9.94. The fraction of sp³-hybridized carbons (Fsp3) is 0.500. The van der Waals surface area contributed by atoms with Crippen molar-refractivity contribution >= 4 is 28.7 Å². The molecule has 0 saturated carbocycles. The van der Waals surface area contributed by atoms with Crippen molar-refractivity contribution in [3.05, 3.63) is 52.3 Å². The molecule has 1 aliphatic rings. The second kappa shape index (κ2) is 9.89. The van der Waals surface area contributed by atoms with E-state index in [-0.39, 0.29) is 23.0 Å². The van der Waals surface area contributed by atoms with Gasteiger partial charge in [-0.05, 0) is 77.2 Å². The van der Waals surface area contributed by atoms with E-state index >= 15 is 0 Å². The van der Waals surface area contributed by atoms with Crippen LogP contribution in [-0.4, -0.2) is 54.4 Å². The molecule has 8 nitrogen and oxygen atoms in total. The molecule has 36 heavy (non-hydrogen) atoms. The molecule has 1 fully saturated rings. The average molecular weight is 517 g/mol. The maximum atomic E-state index is 15.0. The molecule has 0 aliphatic carbocycles. The summed E-state index contributed by atoms with van der Waals surface area (Å²) in [4.78, 5) is 30.9. The van der Waals surface area contributed by atoms with Crippen molar-refractivity contribution in [1.82, 2.24) is 19.4 Å². The molecule has 1 unspecified atom stereocenters. The molecule has 1 amide bonds. The monoisotopic (exact) mass is 516 g/mol. The van der Waals surface area contributed by atoms with Gasteiger partial charge < -0.3 is 15.2 Å². The van der Waals surface area contributed by atoms with E-state index in [0.717, 1.165) is 30.5 Å². The number of carbonyl (C=O) groups excluding carboxylic acids is 1. The molecule has 1 saturated heterocycles. The first-order valence-corrected chi connectivity index (χ1v) is 13.3. The summed E-state index contributed by atoms with van der Waals surface area (Å²) in [6.07, 6.45) is 2.78. The number of hydrogen-bond acceptors (Lipinski definition) is 6. The van der Waals surface area contributed by atoms with Gasteiger partial charge >= 0.3 is 5.69 Å². The lowest BCUT2D eigenvalue weighted by Gasteiger charge is -2.34. The minimum atomic E-state index is -1.26. The number of imidazole rings is 1. The van der Waals surface area contributed by atoms with Crippen LogP contribution in [0.3, 0.4) is 0 Å². The zero-order valence-electron chi connectivity index (χ0n) is 21.3. The van der Waals surface area contributed by atoms with Gasteiger partial charge in [0, 0.05) is 17.2 Å².